The van der Waals surface area contributed by atoms with Crippen molar-refractivity contribution in [1.82, 2.24) is 9.38 Å². The zero-order chi connectivity index (χ0) is 17.7. The van der Waals surface area contributed by atoms with Crippen molar-refractivity contribution in [3.05, 3.63) is 48.5 Å². The van der Waals surface area contributed by atoms with E-state index in [9.17, 15) is 4.79 Å². The number of ether oxygens (including phenoxy) is 1. The molecule has 1 saturated carbocycles. The summed E-state index contributed by atoms with van der Waals surface area (Å²) in [4.78, 5) is 16.0. The number of rotatable bonds is 2. The van der Waals surface area contributed by atoms with Crippen molar-refractivity contribution in [2.45, 2.75) is 38.1 Å². The van der Waals surface area contributed by atoms with E-state index in [1.54, 1.807) is 0 Å². The molecule has 0 unspecified atom stereocenters. The molecule has 132 valence electrons. The van der Waals surface area contributed by atoms with Crippen LogP contribution in [0.1, 0.15) is 48.6 Å². The first-order valence-corrected chi connectivity index (χ1v) is 9.31. The van der Waals surface area contributed by atoms with Crippen LogP contribution in [0, 0.1) is 0 Å². The van der Waals surface area contributed by atoms with Gasteiger partial charge in [0, 0.05) is 22.4 Å². The van der Waals surface area contributed by atoms with Crippen molar-refractivity contribution in [1.29, 1.82) is 0 Å². The van der Waals surface area contributed by atoms with Gasteiger partial charge >= 0.3 is 5.97 Å². The number of para-hydroxylation sites is 1. The summed E-state index contributed by atoms with van der Waals surface area (Å²) in [5, 5.41) is 2.18. The van der Waals surface area contributed by atoms with Crippen LogP contribution in [-0.4, -0.2) is 22.5 Å². The molecule has 4 aromatic rings. The number of carbonyl (C=O) groups excluding carboxylic acids is 1. The second-order valence-electron chi connectivity index (χ2n) is 7.22. The summed E-state index contributed by atoms with van der Waals surface area (Å²) < 4.78 is 9.31. The standard InChI is InChI=1S/C21H21N3O2/c1-26-21(25)18-11-16-15-9-5-6-10-17(15)22-20(16)19-12-23(13-24(18)19)14-7-3-2-4-8-14/h5-6,9-14H,2-4,7-8H2,1H3/p+1. The SMILES string of the molecule is COC(=O)c1cc2c3ccccc3[nH]c2c2c[n+](C3CCCCC3)cn12. The molecule has 1 aliphatic carbocycles. The van der Waals surface area contributed by atoms with E-state index < -0.39 is 0 Å². The van der Waals surface area contributed by atoms with Gasteiger partial charge in [0.15, 0.2) is 5.52 Å². The summed E-state index contributed by atoms with van der Waals surface area (Å²) in [6, 6.07) is 10.7. The number of methoxy groups -OCH3 is 1. The molecule has 0 spiro atoms. The van der Waals surface area contributed by atoms with Crippen LogP contribution < -0.4 is 4.57 Å². The van der Waals surface area contributed by atoms with Gasteiger partial charge in [0.2, 0.25) is 12.0 Å². The van der Waals surface area contributed by atoms with Gasteiger partial charge in [-0.05, 0) is 31.7 Å². The number of aromatic nitrogens is 3. The van der Waals surface area contributed by atoms with E-state index in [1.807, 2.05) is 22.6 Å². The number of hydrogen-bond acceptors (Lipinski definition) is 2. The van der Waals surface area contributed by atoms with E-state index >= 15 is 0 Å². The fourth-order valence-electron chi connectivity index (χ4n) is 4.37. The second kappa shape index (κ2) is 5.87. The molecule has 0 bridgehead atoms. The van der Waals surface area contributed by atoms with E-state index in [0.29, 0.717) is 11.7 Å². The lowest BCUT2D eigenvalue weighted by Crippen LogP contribution is -2.38. The number of hydrogen-bond donors (Lipinski definition) is 1. The number of pyridine rings is 1. The van der Waals surface area contributed by atoms with Crippen molar-refractivity contribution in [3.8, 4) is 0 Å². The molecule has 5 nitrogen and oxygen atoms in total. The Hall–Kier alpha value is -2.82. The number of aromatic amines is 1. The third-order valence-electron chi connectivity index (χ3n) is 5.71. The van der Waals surface area contributed by atoms with Crippen LogP contribution in [0.3, 0.4) is 0 Å². The summed E-state index contributed by atoms with van der Waals surface area (Å²) in [5.74, 6) is -0.312. The van der Waals surface area contributed by atoms with Crippen molar-refractivity contribution in [3.63, 3.8) is 0 Å². The Morgan fingerprint density at radius 2 is 2.00 bits per heavy atom. The summed E-state index contributed by atoms with van der Waals surface area (Å²) in [5.41, 5.74) is 3.73. The average molecular weight is 348 g/mol. The Kier molecular flexibility index (Phi) is 3.48. The molecule has 1 fully saturated rings. The van der Waals surface area contributed by atoms with E-state index in [4.69, 9.17) is 4.74 Å². The summed E-state index contributed by atoms with van der Waals surface area (Å²) in [6.07, 6.45) is 10.5. The molecule has 3 aromatic heterocycles. The van der Waals surface area contributed by atoms with E-state index in [1.165, 1.54) is 39.2 Å². The number of imidazole rings is 1. The maximum atomic E-state index is 12.5. The Balaban J connectivity index is 1.83. The highest BCUT2D eigenvalue weighted by atomic mass is 16.5. The Bertz CT molecular complexity index is 1130. The van der Waals surface area contributed by atoms with E-state index in [0.717, 1.165) is 27.3 Å². The monoisotopic (exact) mass is 348 g/mol. The maximum absolute atomic E-state index is 12.5. The minimum Gasteiger partial charge on any atom is -0.463 e. The van der Waals surface area contributed by atoms with Crippen LogP contribution in [0.2, 0.25) is 0 Å². The molecule has 0 saturated heterocycles. The fraction of sp³-hybridized carbons (Fsp3) is 0.333. The lowest BCUT2D eigenvalue weighted by molar-refractivity contribution is -0.724. The molecule has 26 heavy (non-hydrogen) atoms. The highest BCUT2D eigenvalue weighted by Crippen LogP contribution is 2.30. The van der Waals surface area contributed by atoms with Gasteiger partial charge in [-0.2, -0.15) is 4.40 Å². The third-order valence-corrected chi connectivity index (χ3v) is 5.71. The molecule has 1 N–H and O–H groups in total. The highest BCUT2D eigenvalue weighted by molar-refractivity contribution is 6.13. The molecule has 1 aromatic carbocycles. The molecule has 0 aliphatic heterocycles. The third kappa shape index (κ3) is 2.23. The number of fused-ring (bicyclic) bond motifs is 5. The van der Waals surface area contributed by atoms with Crippen molar-refractivity contribution < 1.29 is 14.1 Å². The summed E-state index contributed by atoms with van der Waals surface area (Å²) in [6.45, 7) is 0. The molecule has 1 aliphatic rings. The number of nitrogens with zero attached hydrogens (tertiary/aromatic N) is 2. The molecular formula is C21H22N3O2+. The average Bonchev–Trinajstić information content (AvgIpc) is 3.29. The Morgan fingerprint density at radius 3 is 2.81 bits per heavy atom. The minimum absolute atomic E-state index is 0.312. The second-order valence-corrected chi connectivity index (χ2v) is 7.22. The summed E-state index contributed by atoms with van der Waals surface area (Å²) in [7, 11) is 1.44. The number of nitrogens with one attached hydrogen (secondary N) is 1. The van der Waals surface area contributed by atoms with E-state index in [-0.39, 0.29) is 5.97 Å². The lowest BCUT2D eigenvalue weighted by atomic mass is 9.95. The zero-order valence-corrected chi connectivity index (χ0v) is 14.9. The van der Waals surface area contributed by atoms with Gasteiger partial charge < -0.3 is 9.72 Å². The number of benzene rings is 1. The van der Waals surface area contributed by atoms with Crippen LogP contribution in [0.4, 0.5) is 0 Å². The number of esters is 1. The molecule has 3 heterocycles. The van der Waals surface area contributed by atoms with Gasteiger partial charge in [-0.25, -0.2) is 9.36 Å². The largest absolute Gasteiger partial charge is 0.463 e. The quantitative estimate of drug-likeness (QED) is 0.437. The van der Waals surface area contributed by atoms with Crippen LogP contribution in [-0.2, 0) is 4.74 Å². The van der Waals surface area contributed by atoms with Gasteiger partial charge in [0.1, 0.15) is 12.2 Å². The molecular weight excluding hydrogens is 326 g/mol. The maximum Gasteiger partial charge on any atom is 0.378 e. The smallest absolute Gasteiger partial charge is 0.378 e. The number of H-pyrrole nitrogens is 1. The first kappa shape index (κ1) is 15.4. The first-order chi connectivity index (χ1) is 12.8. The normalized spacial score (nSPS) is 15.9. The molecule has 5 rings (SSSR count). The van der Waals surface area contributed by atoms with Crippen LogP contribution in [0.15, 0.2) is 42.9 Å². The Morgan fingerprint density at radius 1 is 1.19 bits per heavy atom. The van der Waals surface area contributed by atoms with Gasteiger partial charge in [-0.15, -0.1) is 0 Å². The highest BCUT2D eigenvalue weighted by Gasteiger charge is 2.26. The van der Waals surface area contributed by atoms with Gasteiger partial charge in [0.05, 0.1) is 12.6 Å². The van der Waals surface area contributed by atoms with Crippen molar-refractivity contribution in [2.24, 2.45) is 0 Å². The van der Waals surface area contributed by atoms with Crippen molar-refractivity contribution in [2.75, 3.05) is 7.11 Å². The van der Waals surface area contributed by atoms with Crippen LogP contribution >= 0.6 is 0 Å². The topological polar surface area (TPSA) is 50.4 Å². The molecule has 0 atom stereocenters. The van der Waals surface area contributed by atoms with Crippen molar-refractivity contribution >= 4 is 33.3 Å². The number of carbonyl (C=O) groups is 1. The van der Waals surface area contributed by atoms with E-state index in [2.05, 4.69) is 34.2 Å². The molecule has 0 radical (unpaired) electrons. The van der Waals surface area contributed by atoms with Gasteiger partial charge in [-0.1, -0.05) is 24.6 Å². The van der Waals surface area contributed by atoms with Gasteiger partial charge in [0.25, 0.3) is 0 Å². The molecule has 0 amide bonds. The predicted molar refractivity (Wildman–Crippen MR) is 100 cm³/mol. The zero-order valence-electron chi connectivity index (χ0n) is 14.9. The summed E-state index contributed by atoms with van der Waals surface area (Å²) >= 11 is 0. The predicted octanol–water partition coefficient (Wildman–Crippen LogP) is 4.15. The Labute approximate surface area is 151 Å². The van der Waals surface area contributed by atoms with Crippen LogP contribution in [0.25, 0.3) is 27.3 Å². The molecule has 5 heteroatoms. The minimum atomic E-state index is -0.312. The lowest BCUT2D eigenvalue weighted by Gasteiger charge is -2.18. The first-order valence-electron chi connectivity index (χ1n) is 9.31. The van der Waals surface area contributed by atoms with Crippen LogP contribution in [0.5, 0.6) is 0 Å². The van der Waals surface area contributed by atoms with Gasteiger partial charge in [-0.3, -0.25) is 0 Å². The fourth-order valence-corrected chi connectivity index (χ4v) is 4.37.